The van der Waals surface area contributed by atoms with E-state index in [-0.39, 0.29) is 23.6 Å². The lowest BCUT2D eigenvalue weighted by molar-refractivity contribution is -0.0180. The molecule has 1 aliphatic rings. The lowest BCUT2D eigenvalue weighted by Gasteiger charge is -2.36. The summed E-state index contributed by atoms with van der Waals surface area (Å²) in [7, 11) is 1.93. The summed E-state index contributed by atoms with van der Waals surface area (Å²) in [5.74, 6) is 1.41. The van der Waals surface area contributed by atoms with E-state index >= 15 is 0 Å². The monoisotopic (exact) mass is 502 g/mol. The van der Waals surface area contributed by atoms with E-state index in [0.29, 0.717) is 41.7 Å². The Kier molecular flexibility index (Phi) is 6.87. The minimum Gasteiger partial charge on any atom is -0.376 e. The van der Waals surface area contributed by atoms with Crippen molar-refractivity contribution in [1.29, 1.82) is 0 Å². The van der Waals surface area contributed by atoms with Crippen molar-refractivity contribution >= 4 is 28.9 Å². The zero-order valence-corrected chi connectivity index (χ0v) is 21.1. The number of carbonyl (C=O) groups is 1. The molecule has 4 aromatic heterocycles. The van der Waals surface area contributed by atoms with Crippen LogP contribution >= 0.6 is 0 Å². The van der Waals surface area contributed by atoms with Gasteiger partial charge in [0.25, 0.3) is 11.5 Å². The number of fused-ring (bicyclic) bond motifs is 1. The summed E-state index contributed by atoms with van der Waals surface area (Å²) in [4.78, 5) is 37.4. The maximum absolute atomic E-state index is 13.2. The quantitative estimate of drug-likeness (QED) is 0.359. The molecule has 0 bridgehead atoms. The fourth-order valence-corrected chi connectivity index (χ4v) is 4.30. The number of amides is 1. The maximum Gasteiger partial charge on any atom is 0.279 e. The highest BCUT2D eigenvalue weighted by atomic mass is 16.5. The molecule has 0 radical (unpaired) electrons. The molecular formula is C26H30N8O3. The predicted octanol–water partition coefficient (Wildman–Crippen LogP) is 2.77. The van der Waals surface area contributed by atoms with Crippen molar-refractivity contribution in [2.24, 2.45) is 0 Å². The first-order chi connectivity index (χ1) is 18.0. The molecule has 1 fully saturated rings. The minimum absolute atomic E-state index is 0.0297. The molecule has 1 saturated carbocycles. The summed E-state index contributed by atoms with van der Waals surface area (Å²) in [5, 5.41) is 10.7. The van der Waals surface area contributed by atoms with Crippen molar-refractivity contribution in [3.8, 4) is 5.82 Å². The molecule has 1 aliphatic carbocycles. The number of nitrogens with one attached hydrogen (secondary N) is 2. The summed E-state index contributed by atoms with van der Waals surface area (Å²) < 4.78 is 8.80. The Morgan fingerprint density at radius 1 is 1.22 bits per heavy atom. The van der Waals surface area contributed by atoms with Crippen LogP contribution in [0.15, 0.2) is 59.8 Å². The van der Waals surface area contributed by atoms with Crippen molar-refractivity contribution < 1.29 is 9.53 Å². The lowest BCUT2D eigenvalue weighted by Crippen LogP contribution is -2.51. The van der Waals surface area contributed by atoms with Gasteiger partial charge in [-0.3, -0.25) is 14.2 Å². The molecule has 192 valence electrons. The maximum atomic E-state index is 13.2. The molecule has 0 spiro atoms. The Hall–Kier alpha value is -4.25. The van der Waals surface area contributed by atoms with Crippen molar-refractivity contribution in [3.63, 3.8) is 0 Å². The topological polar surface area (TPSA) is 119 Å². The smallest absolute Gasteiger partial charge is 0.279 e. The second-order valence-corrected chi connectivity index (χ2v) is 8.87. The lowest BCUT2D eigenvalue weighted by atomic mass is 9.89. The zero-order valence-electron chi connectivity index (χ0n) is 21.1. The molecule has 4 heterocycles. The molecule has 2 N–H and O–H groups in total. The number of hydrogen-bond acceptors (Lipinski definition) is 8. The van der Waals surface area contributed by atoms with E-state index < -0.39 is 0 Å². The van der Waals surface area contributed by atoms with Crippen LogP contribution in [0.2, 0.25) is 0 Å². The second-order valence-electron chi connectivity index (χ2n) is 8.87. The third-order valence-corrected chi connectivity index (χ3v) is 6.58. The molecule has 1 amide bonds. The van der Waals surface area contributed by atoms with Crippen LogP contribution in [0.3, 0.4) is 0 Å². The number of carbonyl (C=O) groups excluding carboxylic acids is 1. The van der Waals surface area contributed by atoms with E-state index in [4.69, 9.17) is 4.74 Å². The average molecular weight is 503 g/mol. The van der Waals surface area contributed by atoms with E-state index in [1.165, 1.54) is 10.8 Å². The normalized spacial score (nSPS) is 16.8. The fraction of sp³-hybridized carbons (Fsp3) is 0.346. The minimum atomic E-state index is -0.272. The van der Waals surface area contributed by atoms with Crippen molar-refractivity contribution in [3.05, 3.63) is 70.9 Å². The highest BCUT2D eigenvalue weighted by Crippen LogP contribution is 2.26. The van der Waals surface area contributed by atoms with Crippen LogP contribution < -0.4 is 21.1 Å². The van der Waals surface area contributed by atoms with Gasteiger partial charge in [0.2, 0.25) is 0 Å². The summed E-state index contributed by atoms with van der Waals surface area (Å²) >= 11 is 0. The number of rotatable bonds is 9. The van der Waals surface area contributed by atoms with Crippen molar-refractivity contribution in [1.82, 2.24) is 29.5 Å². The van der Waals surface area contributed by atoms with E-state index in [2.05, 4.69) is 25.7 Å². The van der Waals surface area contributed by atoms with Crippen LogP contribution in [-0.2, 0) is 4.74 Å². The van der Waals surface area contributed by atoms with Crippen LogP contribution in [-0.4, -0.2) is 62.4 Å². The number of nitrogens with zero attached hydrogens (tertiary/aromatic N) is 6. The van der Waals surface area contributed by atoms with Crippen LogP contribution in [0.4, 0.5) is 17.3 Å². The molecule has 11 nitrogen and oxygen atoms in total. The molecule has 0 aliphatic heterocycles. The molecule has 5 rings (SSSR count). The average Bonchev–Trinajstić information content (AvgIpc) is 3.34. The third kappa shape index (κ3) is 4.77. The van der Waals surface area contributed by atoms with Gasteiger partial charge < -0.3 is 20.3 Å². The summed E-state index contributed by atoms with van der Waals surface area (Å²) in [6, 6.07) is 10.6. The van der Waals surface area contributed by atoms with Gasteiger partial charge >= 0.3 is 0 Å². The summed E-state index contributed by atoms with van der Waals surface area (Å²) in [6.07, 6.45) is 6.66. The van der Waals surface area contributed by atoms with Gasteiger partial charge in [0.15, 0.2) is 5.65 Å². The molecule has 0 unspecified atom stereocenters. The molecule has 2 atom stereocenters. The van der Waals surface area contributed by atoms with Crippen LogP contribution in [0, 0.1) is 0 Å². The molecular weight excluding hydrogens is 472 g/mol. The van der Waals surface area contributed by atoms with Crippen molar-refractivity contribution in [2.45, 2.75) is 38.8 Å². The predicted molar refractivity (Wildman–Crippen MR) is 141 cm³/mol. The van der Waals surface area contributed by atoms with E-state index in [1.54, 1.807) is 47.2 Å². The molecule has 0 aromatic carbocycles. The van der Waals surface area contributed by atoms with Gasteiger partial charge in [-0.2, -0.15) is 9.61 Å². The van der Waals surface area contributed by atoms with E-state index in [9.17, 15) is 9.59 Å². The first kappa shape index (κ1) is 24.4. The summed E-state index contributed by atoms with van der Waals surface area (Å²) in [6.45, 7) is 5.28. The van der Waals surface area contributed by atoms with Crippen LogP contribution in [0.5, 0.6) is 0 Å². The number of ether oxygens (including phenoxy) is 1. The van der Waals surface area contributed by atoms with Gasteiger partial charge in [-0.25, -0.2) is 9.97 Å². The van der Waals surface area contributed by atoms with Gasteiger partial charge in [-0.05, 0) is 51.0 Å². The Morgan fingerprint density at radius 3 is 2.78 bits per heavy atom. The first-order valence-corrected chi connectivity index (χ1v) is 12.4. The van der Waals surface area contributed by atoms with Crippen LogP contribution in [0.1, 0.15) is 37.0 Å². The molecule has 0 saturated heterocycles. The van der Waals surface area contributed by atoms with Crippen molar-refractivity contribution in [2.75, 3.05) is 30.4 Å². The second kappa shape index (κ2) is 10.4. The molecule has 11 heteroatoms. The van der Waals surface area contributed by atoms with Gasteiger partial charge in [0.05, 0.1) is 18.3 Å². The Bertz CT molecular complexity index is 1470. The van der Waals surface area contributed by atoms with Gasteiger partial charge in [0.1, 0.15) is 28.7 Å². The Morgan fingerprint density at radius 2 is 2.08 bits per heavy atom. The standard InChI is InChI=1S/C26H30N8O3/c1-4-32(3)23-15-21(29-19-9-8-14-33(26(19)36)22-10-6-7-13-27-22)31-24-17(16-28-34(23)24)25(35)30-18-11-12-20(18)37-5-2/h6-10,13-16,18,20H,4-5,11-12H2,1-3H3,(H,29,31)(H,30,35)/t18-,20-/m1/s1. The van der Waals surface area contributed by atoms with Gasteiger partial charge in [-0.15, -0.1) is 0 Å². The first-order valence-electron chi connectivity index (χ1n) is 12.4. The molecule has 37 heavy (non-hydrogen) atoms. The largest absolute Gasteiger partial charge is 0.376 e. The third-order valence-electron chi connectivity index (χ3n) is 6.58. The number of anilines is 3. The summed E-state index contributed by atoms with van der Waals surface area (Å²) in [5.41, 5.74) is 0.808. The SMILES string of the molecule is CCO[C@@H]1CC[C@H]1NC(=O)c1cnn2c(N(C)CC)cc(Nc3cccn(-c4ccccn4)c3=O)nc12. The van der Waals surface area contributed by atoms with E-state index in [0.717, 1.165) is 18.7 Å². The van der Waals surface area contributed by atoms with Gasteiger partial charge in [-0.1, -0.05) is 6.07 Å². The number of hydrogen-bond donors (Lipinski definition) is 2. The molecule has 4 aromatic rings. The number of pyridine rings is 2. The Balaban J connectivity index is 1.50. The van der Waals surface area contributed by atoms with Gasteiger partial charge in [0, 0.05) is 38.7 Å². The zero-order chi connectivity index (χ0) is 25.9. The number of aromatic nitrogens is 5. The Labute approximate surface area is 214 Å². The fourth-order valence-electron chi connectivity index (χ4n) is 4.30. The highest BCUT2D eigenvalue weighted by Gasteiger charge is 2.33. The van der Waals surface area contributed by atoms with Crippen LogP contribution in [0.25, 0.3) is 11.5 Å². The van der Waals surface area contributed by atoms with E-state index in [1.807, 2.05) is 31.9 Å². The highest BCUT2D eigenvalue weighted by molar-refractivity contribution is 6.00.